The second-order valence-corrected chi connectivity index (χ2v) is 7.72. The molecule has 0 bridgehead atoms. The third kappa shape index (κ3) is 4.20. The van der Waals surface area contributed by atoms with Crippen LogP contribution in [0.25, 0.3) is 5.69 Å². The van der Waals surface area contributed by atoms with Gasteiger partial charge in [-0.15, -0.1) is 10.2 Å². The molecular formula is C21H23N5OS. The molecule has 1 aliphatic rings. The summed E-state index contributed by atoms with van der Waals surface area (Å²) < 4.78 is 1.96. The summed E-state index contributed by atoms with van der Waals surface area (Å²) in [4.78, 5) is 14.8. The van der Waals surface area contributed by atoms with E-state index in [2.05, 4.69) is 32.5 Å². The maximum absolute atomic E-state index is 12.4. The van der Waals surface area contributed by atoms with Crippen LogP contribution in [0.15, 0.2) is 59.8 Å². The first kappa shape index (κ1) is 18.6. The number of nitrogens with one attached hydrogen (secondary N) is 1. The third-order valence-electron chi connectivity index (χ3n) is 4.76. The lowest BCUT2D eigenvalue weighted by molar-refractivity contribution is -0.113. The van der Waals surface area contributed by atoms with Gasteiger partial charge in [0.25, 0.3) is 0 Å². The first-order valence-corrected chi connectivity index (χ1v) is 10.4. The highest BCUT2D eigenvalue weighted by molar-refractivity contribution is 7.99. The van der Waals surface area contributed by atoms with Crippen LogP contribution in [0.2, 0.25) is 0 Å². The normalized spacial score (nSPS) is 13.7. The molecule has 1 N–H and O–H groups in total. The number of benzene rings is 2. The Morgan fingerprint density at radius 1 is 1.00 bits per heavy atom. The number of rotatable bonds is 6. The van der Waals surface area contributed by atoms with E-state index in [0.29, 0.717) is 5.16 Å². The van der Waals surface area contributed by atoms with E-state index < -0.39 is 0 Å². The molecule has 28 heavy (non-hydrogen) atoms. The highest BCUT2D eigenvalue weighted by atomic mass is 32.2. The Labute approximate surface area is 169 Å². The van der Waals surface area contributed by atoms with Gasteiger partial charge in [-0.25, -0.2) is 0 Å². The predicted molar refractivity (Wildman–Crippen MR) is 113 cm³/mol. The van der Waals surface area contributed by atoms with Crippen LogP contribution < -0.4 is 10.2 Å². The van der Waals surface area contributed by atoms with Crippen molar-refractivity contribution in [1.29, 1.82) is 0 Å². The van der Waals surface area contributed by atoms with Crippen molar-refractivity contribution in [2.45, 2.75) is 24.9 Å². The lowest BCUT2D eigenvalue weighted by Gasteiger charge is -2.17. The Bertz CT molecular complexity index is 933. The fraction of sp³-hybridized carbons (Fsp3) is 0.286. The number of hydrogen-bond donors (Lipinski definition) is 1. The molecule has 4 rings (SSSR count). The maximum Gasteiger partial charge on any atom is 0.234 e. The fourth-order valence-electron chi connectivity index (χ4n) is 3.37. The zero-order valence-corrected chi connectivity index (χ0v) is 16.7. The van der Waals surface area contributed by atoms with Crippen LogP contribution >= 0.6 is 11.8 Å². The van der Waals surface area contributed by atoms with Crippen molar-refractivity contribution < 1.29 is 4.79 Å². The molecule has 1 fully saturated rings. The van der Waals surface area contributed by atoms with Crippen molar-refractivity contribution in [3.8, 4) is 5.69 Å². The molecule has 3 aromatic rings. The molecule has 1 aliphatic heterocycles. The molecule has 7 heteroatoms. The first-order valence-electron chi connectivity index (χ1n) is 9.46. The Morgan fingerprint density at radius 2 is 1.71 bits per heavy atom. The molecule has 0 spiro atoms. The van der Waals surface area contributed by atoms with E-state index in [0.717, 1.165) is 30.3 Å². The second-order valence-electron chi connectivity index (χ2n) is 6.78. The number of aromatic nitrogens is 3. The van der Waals surface area contributed by atoms with Crippen LogP contribution in [0.5, 0.6) is 0 Å². The van der Waals surface area contributed by atoms with E-state index in [-0.39, 0.29) is 11.7 Å². The lowest BCUT2D eigenvalue weighted by atomic mass is 10.2. The lowest BCUT2D eigenvalue weighted by Crippen LogP contribution is -2.18. The van der Waals surface area contributed by atoms with Crippen molar-refractivity contribution in [3.63, 3.8) is 0 Å². The van der Waals surface area contributed by atoms with Gasteiger partial charge in [0, 0.05) is 30.2 Å². The van der Waals surface area contributed by atoms with E-state index in [1.807, 2.05) is 54.0 Å². The molecule has 0 radical (unpaired) electrons. The average molecular weight is 394 g/mol. The number of carbonyl (C=O) groups is 1. The standard InChI is InChI=1S/C21H23N5OS/c1-16-23-24-21(26(16)19-7-3-2-4-8-19)28-15-20(27)22-17-9-11-18(12-10-17)25-13-5-6-14-25/h2-4,7-12H,5-6,13-15H2,1H3,(H,22,27). The largest absolute Gasteiger partial charge is 0.372 e. The van der Waals surface area contributed by atoms with E-state index in [1.54, 1.807) is 0 Å². The van der Waals surface area contributed by atoms with Gasteiger partial charge in [0.1, 0.15) is 5.82 Å². The molecule has 144 valence electrons. The summed E-state index contributed by atoms with van der Waals surface area (Å²) in [6.07, 6.45) is 2.51. The fourth-order valence-corrected chi connectivity index (χ4v) is 4.17. The van der Waals surface area contributed by atoms with Gasteiger partial charge < -0.3 is 10.2 Å². The van der Waals surface area contributed by atoms with Crippen molar-refractivity contribution in [1.82, 2.24) is 14.8 Å². The average Bonchev–Trinajstić information content (AvgIpc) is 3.38. The monoisotopic (exact) mass is 393 g/mol. The highest BCUT2D eigenvalue weighted by Gasteiger charge is 2.14. The summed E-state index contributed by atoms with van der Waals surface area (Å²) in [6.45, 7) is 4.14. The summed E-state index contributed by atoms with van der Waals surface area (Å²) in [5.74, 6) is 1.02. The minimum absolute atomic E-state index is 0.0563. The maximum atomic E-state index is 12.4. The Balaban J connectivity index is 1.36. The summed E-state index contributed by atoms with van der Waals surface area (Å²) in [5, 5.41) is 12.0. The van der Waals surface area contributed by atoms with E-state index in [4.69, 9.17) is 0 Å². The molecule has 2 heterocycles. The SMILES string of the molecule is Cc1nnc(SCC(=O)Nc2ccc(N3CCCC3)cc2)n1-c1ccccc1. The minimum Gasteiger partial charge on any atom is -0.372 e. The van der Waals surface area contributed by atoms with E-state index in [9.17, 15) is 4.79 Å². The van der Waals surface area contributed by atoms with Crippen molar-refractivity contribution in [2.24, 2.45) is 0 Å². The van der Waals surface area contributed by atoms with Crippen molar-refractivity contribution in [3.05, 3.63) is 60.4 Å². The zero-order chi connectivity index (χ0) is 19.3. The number of aryl methyl sites for hydroxylation is 1. The van der Waals surface area contributed by atoms with Gasteiger partial charge in [-0.3, -0.25) is 9.36 Å². The Hall–Kier alpha value is -2.80. The van der Waals surface area contributed by atoms with Crippen LogP contribution in [0, 0.1) is 6.92 Å². The van der Waals surface area contributed by atoms with Gasteiger partial charge in [-0.1, -0.05) is 30.0 Å². The molecule has 0 atom stereocenters. The number of nitrogens with zero attached hydrogens (tertiary/aromatic N) is 4. The van der Waals surface area contributed by atoms with E-state index in [1.165, 1.54) is 30.3 Å². The van der Waals surface area contributed by atoms with Gasteiger partial charge in [-0.2, -0.15) is 0 Å². The van der Waals surface area contributed by atoms with E-state index >= 15 is 0 Å². The van der Waals surface area contributed by atoms with Gasteiger partial charge in [0.15, 0.2) is 5.16 Å². The highest BCUT2D eigenvalue weighted by Crippen LogP contribution is 2.24. The molecule has 0 saturated carbocycles. The summed E-state index contributed by atoms with van der Waals surface area (Å²) >= 11 is 1.38. The number of para-hydroxylation sites is 1. The molecule has 0 unspecified atom stereocenters. The number of amides is 1. The van der Waals surface area contributed by atoms with Crippen LogP contribution in [0.4, 0.5) is 11.4 Å². The van der Waals surface area contributed by atoms with Gasteiger partial charge >= 0.3 is 0 Å². The Morgan fingerprint density at radius 3 is 2.43 bits per heavy atom. The van der Waals surface area contributed by atoms with Gasteiger partial charge in [0.2, 0.25) is 5.91 Å². The quantitative estimate of drug-likeness (QED) is 0.644. The van der Waals surface area contributed by atoms with Crippen molar-refractivity contribution in [2.75, 3.05) is 29.1 Å². The molecule has 0 aliphatic carbocycles. The predicted octanol–water partition coefficient (Wildman–Crippen LogP) is 3.91. The first-order chi connectivity index (χ1) is 13.7. The smallest absolute Gasteiger partial charge is 0.234 e. The van der Waals surface area contributed by atoms with Crippen LogP contribution in [-0.4, -0.2) is 39.5 Å². The molecule has 6 nitrogen and oxygen atoms in total. The topological polar surface area (TPSA) is 63.1 Å². The number of anilines is 2. The van der Waals surface area contributed by atoms with Crippen molar-refractivity contribution >= 4 is 29.0 Å². The third-order valence-corrected chi connectivity index (χ3v) is 5.69. The molecule has 1 aromatic heterocycles. The van der Waals surface area contributed by atoms with Gasteiger partial charge in [0.05, 0.1) is 5.75 Å². The summed E-state index contributed by atoms with van der Waals surface area (Å²) in [6, 6.07) is 18.0. The molecule has 1 amide bonds. The van der Waals surface area contributed by atoms with Gasteiger partial charge in [-0.05, 0) is 56.2 Å². The molecule has 2 aromatic carbocycles. The number of carbonyl (C=O) groups excluding carboxylic acids is 1. The van der Waals surface area contributed by atoms with Crippen LogP contribution in [-0.2, 0) is 4.79 Å². The molecule has 1 saturated heterocycles. The Kier molecular flexibility index (Phi) is 5.62. The number of hydrogen-bond acceptors (Lipinski definition) is 5. The van der Waals surface area contributed by atoms with Crippen LogP contribution in [0.1, 0.15) is 18.7 Å². The second kappa shape index (κ2) is 8.48. The summed E-state index contributed by atoms with van der Waals surface area (Å²) in [5.41, 5.74) is 3.02. The molecular weight excluding hydrogens is 370 g/mol. The number of thioether (sulfide) groups is 1. The zero-order valence-electron chi connectivity index (χ0n) is 15.8. The summed E-state index contributed by atoms with van der Waals surface area (Å²) in [7, 11) is 0. The minimum atomic E-state index is -0.0563. The van der Waals surface area contributed by atoms with Crippen LogP contribution in [0.3, 0.4) is 0 Å².